The van der Waals surface area contributed by atoms with Crippen molar-refractivity contribution in [2.45, 2.75) is 31.4 Å². The molecule has 5 heteroatoms. The number of anilines is 2. The molecule has 88 valence electrons. The number of rotatable bonds is 4. The summed E-state index contributed by atoms with van der Waals surface area (Å²) in [5.74, 6) is 1.61. The quantitative estimate of drug-likeness (QED) is 0.808. The highest BCUT2D eigenvalue weighted by Gasteiger charge is 2.24. The molecule has 1 aliphatic carbocycles. The summed E-state index contributed by atoms with van der Waals surface area (Å²) in [5, 5.41) is 6.36. The Balaban J connectivity index is 1.94. The Hall–Kier alpha value is -1.36. The molecule has 0 bridgehead atoms. The van der Waals surface area contributed by atoms with E-state index in [0.717, 1.165) is 30.9 Å². The predicted octanol–water partition coefficient (Wildman–Crippen LogP) is 1.50. The molecule has 0 spiro atoms. The molecule has 1 saturated carbocycles. The van der Waals surface area contributed by atoms with Crippen LogP contribution in [0, 0.1) is 0 Å². The standard InChI is InChI=1S/C11H18N4O/c1-12-10-6-13-7-11(15-10)14-8-3-4-9(5-8)16-2/h6-9H,3-5H2,1-2H3,(H2,12,14,15). The highest BCUT2D eigenvalue weighted by atomic mass is 16.5. The average Bonchev–Trinajstić information content (AvgIpc) is 2.77. The van der Waals surface area contributed by atoms with Crippen molar-refractivity contribution in [1.29, 1.82) is 0 Å². The van der Waals surface area contributed by atoms with Crippen LogP contribution in [0.1, 0.15) is 19.3 Å². The Bertz CT molecular complexity index is 345. The van der Waals surface area contributed by atoms with Gasteiger partial charge in [-0.05, 0) is 19.3 Å². The van der Waals surface area contributed by atoms with E-state index in [9.17, 15) is 0 Å². The van der Waals surface area contributed by atoms with E-state index in [1.165, 1.54) is 0 Å². The van der Waals surface area contributed by atoms with Crippen molar-refractivity contribution in [2.75, 3.05) is 24.8 Å². The lowest BCUT2D eigenvalue weighted by Crippen LogP contribution is -2.18. The lowest BCUT2D eigenvalue weighted by atomic mass is 10.2. The molecule has 0 amide bonds. The van der Waals surface area contributed by atoms with E-state index in [1.807, 2.05) is 7.05 Å². The number of nitrogens with zero attached hydrogens (tertiary/aromatic N) is 2. The van der Waals surface area contributed by atoms with Crippen molar-refractivity contribution in [2.24, 2.45) is 0 Å². The number of aromatic nitrogens is 2. The molecule has 2 unspecified atom stereocenters. The third-order valence-electron chi connectivity index (χ3n) is 2.96. The number of methoxy groups -OCH3 is 1. The van der Waals surface area contributed by atoms with Gasteiger partial charge in [-0.25, -0.2) is 4.98 Å². The third-order valence-corrected chi connectivity index (χ3v) is 2.96. The maximum atomic E-state index is 5.34. The van der Waals surface area contributed by atoms with Crippen LogP contribution in [0.3, 0.4) is 0 Å². The van der Waals surface area contributed by atoms with E-state index in [0.29, 0.717) is 12.1 Å². The normalized spacial score (nSPS) is 24.4. The van der Waals surface area contributed by atoms with E-state index in [2.05, 4.69) is 20.6 Å². The van der Waals surface area contributed by atoms with Gasteiger partial charge in [-0.15, -0.1) is 0 Å². The molecule has 1 aliphatic rings. The van der Waals surface area contributed by atoms with Crippen molar-refractivity contribution in [1.82, 2.24) is 9.97 Å². The van der Waals surface area contributed by atoms with Crippen molar-refractivity contribution in [3.63, 3.8) is 0 Å². The van der Waals surface area contributed by atoms with E-state index < -0.39 is 0 Å². The molecule has 2 N–H and O–H groups in total. The zero-order valence-electron chi connectivity index (χ0n) is 9.73. The fraction of sp³-hybridized carbons (Fsp3) is 0.636. The Labute approximate surface area is 95.6 Å². The van der Waals surface area contributed by atoms with Gasteiger partial charge in [-0.2, -0.15) is 0 Å². The second-order valence-corrected chi connectivity index (χ2v) is 4.05. The summed E-state index contributed by atoms with van der Waals surface area (Å²) in [7, 11) is 3.61. The molecular formula is C11H18N4O. The minimum absolute atomic E-state index is 0.387. The summed E-state index contributed by atoms with van der Waals surface area (Å²) in [6, 6.07) is 0.450. The summed E-state index contributed by atoms with van der Waals surface area (Å²) in [5.41, 5.74) is 0. The smallest absolute Gasteiger partial charge is 0.147 e. The first-order chi connectivity index (χ1) is 7.81. The number of ether oxygens (including phenoxy) is 1. The molecule has 1 fully saturated rings. The first-order valence-electron chi connectivity index (χ1n) is 5.61. The Morgan fingerprint density at radius 2 is 2.12 bits per heavy atom. The fourth-order valence-corrected chi connectivity index (χ4v) is 2.05. The van der Waals surface area contributed by atoms with Crippen LogP contribution < -0.4 is 10.6 Å². The molecule has 0 radical (unpaired) electrons. The summed E-state index contributed by atoms with van der Waals surface area (Å²) in [6.07, 6.45) is 7.13. The van der Waals surface area contributed by atoms with Crippen molar-refractivity contribution in [3.05, 3.63) is 12.4 Å². The van der Waals surface area contributed by atoms with E-state index in [4.69, 9.17) is 4.74 Å². The fourth-order valence-electron chi connectivity index (χ4n) is 2.05. The van der Waals surface area contributed by atoms with Crippen molar-refractivity contribution >= 4 is 11.6 Å². The van der Waals surface area contributed by atoms with Gasteiger partial charge in [0.15, 0.2) is 0 Å². The van der Waals surface area contributed by atoms with Gasteiger partial charge in [0.05, 0.1) is 18.5 Å². The molecule has 1 aromatic heterocycles. The molecule has 0 saturated heterocycles. The first kappa shape index (κ1) is 11.1. The lowest BCUT2D eigenvalue weighted by Gasteiger charge is -2.13. The number of nitrogens with one attached hydrogen (secondary N) is 2. The van der Waals surface area contributed by atoms with Gasteiger partial charge in [-0.1, -0.05) is 0 Å². The zero-order chi connectivity index (χ0) is 11.4. The van der Waals surface area contributed by atoms with Crippen LogP contribution >= 0.6 is 0 Å². The molecule has 2 rings (SSSR count). The predicted molar refractivity (Wildman–Crippen MR) is 63.6 cm³/mol. The lowest BCUT2D eigenvalue weighted by molar-refractivity contribution is 0.108. The van der Waals surface area contributed by atoms with Crippen LogP contribution in [0.4, 0.5) is 11.6 Å². The van der Waals surface area contributed by atoms with Gasteiger partial charge in [0.2, 0.25) is 0 Å². The summed E-state index contributed by atoms with van der Waals surface area (Å²) < 4.78 is 5.34. The first-order valence-corrected chi connectivity index (χ1v) is 5.61. The molecule has 5 nitrogen and oxygen atoms in total. The van der Waals surface area contributed by atoms with Gasteiger partial charge in [0, 0.05) is 20.2 Å². The maximum Gasteiger partial charge on any atom is 0.147 e. The highest BCUT2D eigenvalue weighted by molar-refractivity contribution is 5.41. The molecular weight excluding hydrogens is 204 g/mol. The van der Waals surface area contributed by atoms with Crippen LogP contribution in [-0.2, 0) is 4.74 Å². The van der Waals surface area contributed by atoms with Crippen LogP contribution in [0.15, 0.2) is 12.4 Å². The van der Waals surface area contributed by atoms with Gasteiger partial charge in [0.25, 0.3) is 0 Å². The van der Waals surface area contributed by atoms with Crippen LogP contribution in [0.25, 0.3) is 0 Å². The zero-order valence-corrected chi connectivity index (χ0v) is 9.73. The molecule has 0 aliphatic heterocycles. The van der Waals surface area contributed by atoms with Crippen molar-refractivity contribution in [3.8, 4) is 0 Å². The SMILES string of the molecule is CNc1cncc(NC2CCC(OC)C2)n1. The number of hydrogen-bond donors (Lipinski definition) is 2. The highest BCUT2D eigenvalue weighted by Crippen LogP contribution is 2.24. The van der Waals surface area contributed by atoms with Crippen LogP contribution in [-0.4, -0.2) is 36.3 Å². The minimum atomic E-state index is 0.387. The van der Waals surface area contributed by atoms with Crippen LogP contribution in [0.2, 0.25) is 0 Å². The van der Waals surface area contributed by atoms with Gasteiger partial charge < -0.3 is 15.4 Å². The van der Waals surface area contributed by atoms with E-state index in [1.54, 1.807) is 19.5 Å². The van der Waals surface area contributed by atoms with E-state index >= 15 is 0 Å². The Morgan fingerprint density at radius 3 is 2.81 bits per heavy atom. The molecule has 0 aromatic carbocycles. The van der Waals surface area contributed by atoms with Gasteiger partial charge in [0.1, 0.15) is 11.6 Å². The second-order valence-electron chi connectivity index (χ2n) is 4.05. The average molecular weight is 222 g/mol. The van der Waals surface area contributed by atoms with E-state index in [-0.39, 0.29) is 0 Å². The van der Waals surface area contributed by atoms with Gasteiger partial charge in [-0.3, -0.25) is 4.98 Å². The monoisotopic (exact) mass is 222 g/mol. The molecule has 2 atom stereocenters. The largest absolute Gasteiger partial charge is 0.381 e. The Morgan fingerprint density at radius 1 is 1.31 bits per heavy atom. The van der Waals surface area contributed by atoms with Crippen molar-refractivity contribution < 1.29 is 4.74 Å². The second kappa shape index (κ2) is 5.12. The molecule has 1 aromatic rings. The topological polar surface area (TPSA) is 59.1 Å². The third kappa shape index (κ3) is 2.61. The number of hydrogen-bond acceptors (Lipinski definition) is 5. The summed E-state index contributed by atoms with van der Waals surface area (Å²) in [4.78, 5) is 8.50. The summed E-state index contributed by atoms with van der Waals surface area (Å²) >= 11 is 0. The van der Waals surface area contributed by atoms with Crippen LogP contribution in [0.5, 0.6) is 0 Å². The minimum Gasteiger partial charge on any atom is -0.381 e. The maximum absolute atomic E-state index is 5.34. The molecule has 1 heterocycles. The van der Waals surface area contributed by atoms with Gasteiger partial charge >= 0.3 is 0 Å². The Kier molecular flexibility index (Phi) is 3.56. The molecule has 16 heavy (non-hydrogen) atoms. The summed E-state index contributed by atoms with van der Waals surface area (Å²) in [6.45, 7) is 0.